The number of ether oxygens (including phenoxy) is 2. The molecule has 29 heavy (non-hydrogen) atoms. The summed E-state index contributed by atoms with van der Waals surface area (Å²) in [5, 5.41) is 6.45. The fraction of sp³-hybridized carbons (Fsp3) is 0.150. The van der Waals surface area contributed by atoms with Crippen molar-refractivity contribution in [1.29, 1.82) is 0 Å². The fourth-order valence-electron chi connectivity index (χ4n) is 2.44. The molecule has 0 spiro atoms. The predicted molar refractivity (Wildman–Crippen MR) is 107 cm³/mol. The van der Waals surface area contributed by atoms with E-state index in [0.717, 1.165) is 15.2 Å². The predicted octanol–water partition coefficient (Wildman–Crippen LogP) is 3.14. The van der Waals surface area contributed by atoms with Crippen LogP contribution in [0.2, 0.25) is 0 Å². The average Bonchev–Trinajstić information content (AvgIpc) is 3.24. The second-order valence-corrected chi connectivity index (χ2v) is 6.65. The van der Waals surface area contributed by atoms with E-state index in [1.807, 2.05) is 35.6 Å². The first-order valence-corrected chi connectivity index (χ1v) is 9.38. The Morgan fingerprint density at radius 1 is 1.00 bits per heavy atom. The first-order valence-electron chi connectivity index (χ1n) is 8.58. The zero-order valence-electron chi connectivity index (χ0n) is 15.1. The highest BCUT2D eigenvalue weighted by Crippen LogP contribution is 2.32. The third-order valence-corrected chi connectivity index (χ3v) is 4.61. The minimum Gasteiger partial charge on any atom is -0.481 e. The Hall–Kier alpha value is -3.33. The van der Waals surface area contributed by atoms with Crippen molar-refractivity contribution in [2.24, 2.45) is 0 Å². The highest BCUT2D eigenvalue weighted by Gasteiger charge is 2.13. The Balaban J connectivity index is 1.40. The Bertz CT molecular complexity index is 1020. The average molecular weight is 461 g/mol. The van der Waals surface area contributed by atoms with E-state index in [-0.39, 0.29) is 13.2 Å². The number of urea groups is 1. The molecule has 3 rings (SSSR count). The van der Waals surface area contributed by atoms with Gasteiger partial charge in [0.15, 0.2) is 13.2 Å². The molecule has 150 valence electrons. The van der Waals surface area contributed by atoms with Crippen molar-refractivity contribution in [1.82, 2.24) is 10.6 Å². The standard InChI is InChI=1S/C20H17BrN2O6/c21-19-15-6-2-1-4-13(15)7-8-16(19)28-12-18(25)29-11-17(24)23-20(26)22-10-14-5-3-9-27-14/h1-9H,10-12H2,(H2,22,23,24,26). The maximum Gasteiger partial charge on any atom is 0.344 e. The quantitative estimate of drug-likeness (QED) is 0.524. The Labute approximate surface area is 174 Å². The van der Waals surface area contributed by atoms with E-state index < -0.39 is 24.5 Å². The van der Waals surface area contributed by atoms with Gasteiger partial charge in [0.1, 0.15) is 11.5 Å². The lowest BCUT2D eigenvalue weighted by Gasteiger charge is -2.10. The molecule has 3 amide bonds. The van der Waals surface area contributed by atoms with E-state index in [1.165, 1.54) is 6.26 Å². The van der Waals surface area contributed by atoms with E-state index >= 15 is 0 Å². The molecule has 0 unspecified atom stereocenters. The molecule has 0 saturated heterocycles. The van der Waals surface area contributed by atoms with E-state index in [0.29, 0.717) is 11.5 Å². The minimum atomic E-state index is -0.762. The molecule has 1 aromatic heterocycles. The van der Waals surface area contributed by atoms with Crippen LogP contribution in [0.4, 0.5) is 4.79 Å². The van der Waals surface area contributed by atoms with Crippen LogP contribution in [-0.4, -0.2) is 31.1 Å². The van der Waals surface area contributed by atoms with Gasteiger partial charge >= 0.3 is 12.0 Å². The van der Waals surface area contributed by atoms with Crippen LogP contribution in [0.1, 0.15) is 5.76 Å². The van der Waals surface area contributed by atoms with Crippen LogP contribution < -0.4 is 15.4 Å². The van der Waals surface area contributed by atoms with Crippen LogP contribution in [-0.2, 0) is 20.9 Å². The van der Waals surface area contributed by atoms with Crippen molar-refractivity contribution in [3.05, 3.63) is 65.0 Å². The molecule has 0 radical (unpaired) electrons. The third-order valence-electron chi connectivity index (χ3n) is 3.79. The lowest BCUT2D eigenvalue weighted by molar-refractivity contribution is -0.150. The number of imide groups is 1. The normalized spacial score (nSPS) is 10.4. The van der Waals surface area contributed by atoms with Gasteiger partial charge in [-0.3, -0.25) is 10.1 Å². The Morgan fingerprint density at radius 2 is 1.83 bits per heavy atom. The second kappa shape index (κ2) is 9.74. The molecule has 0 aliphatic rings. The van der Waals surface area contributed by atoms with Gasteiger partial charge in [-0.1, -0.05) is 30.3 Å². The first kappa shape index (κ1) is 20.4. The molecule has 2 aromatic carbocycles. The lowest BCUT2D eigenvalue weighted by Crippen LogP contribution is -2.41. The molecule has 0 saturated carbocycles. The van der Waals surface area contributed by atoms with E-state index in [2.05, 4.69) is 21.2 Å². The first-order chi connectivity index (χ1) is 14.0. The molecule has 0 fully saturated rings. The number of benzene rings is 2. The largest absolute Gasteiger partial charge is 0.481 e. The summed E-state index contributed by atoms with van der Waals surface area (Å²) in [4.78, 5) is 35.1. The molecule has 0 aliphatic heterocycles. The third kappa shape index (κ3) is 5.82. The van der Waals surface area contributed by atoms with Gasteiger partial charge in [0.05, 0.1) is 17.3 Å². The molecule has 0 atom stereocenters. The van der Waals surface area contributed by atoms with Gasteiger partial charge in [0.25, 0.3) is 5.91 Å². The lowest BCUT2D eigenvalue weighted by atomic mass is 10.1. The molecular weight excluding hydrogens is 444 g/mol. The number of amides is 3. The molecule has 2 N–H and O–H groups in total. The number of hydrogen-bond acceptors (Lipinski definition) is 6. The van der Waals surface area contributed by atoms with E-state index in [4.69, 9.17) is 13.9 Å². The van der Waals surface area contributed by atoms with Gasteiger partial charge in [0.2, 0.25) is 0 Å². The number of nitrogens with one attached hydrogen (secondary N) is 2. The molecule has 1 heterocycles. The fourth-order valence-corrected chi connectivity index (χ4v) is 3.04. The van der Waals surface area contributed by atoms with Gasteiger partial charge in [-0.05, 0) is 44.9 Å². The summed E-state index contributed by atoms with van der Waals surface area (Å²) in [6.45, 7) is -0.857. The summed E-state index contributed by atoms with van der Waals surface area (Å²) in [6.07, 6.45) is 1.47. The van der Waals surface area contributed by atoms with Crippen molar-refractivity contribution >= 4 is 44.6 Å². The van der Waals surface area contributed by atoms with Crippen LogP contribution in [0.15, 0.2) is 63.7 Å². The van der Waals surface area contributed by atoms with Crippen LogP contribution >= 0.6 is 15.9 Å². The number of esters is 1. The van der Waals surface area contributed by atoms with Crippen LogP contribution in [0.5, 0.6) is 5.75 Å². The minimum absolute atomic E-state index is 0.125. The number of carbonyl (C=O) groups excluding carboxylic acids is 3. The molecule has 8 nitrogen and oxygen atoms in total. The zero-order valence-corrected chi connectivity index (χ0v) is 16.7. The van der Waals surface area contributed by atoms with Crippen molar-refractivity contribution < 1.29 is 28.3 Å². The SMILES string of the molecule is O=C(COC(=O)COc1ccc2ccccc2c1Br)NC(=O)NCc1ccco1. The van der Waals surface area contributed by atoms with E-state index in [1.54, 1.807) is 18.2 Å². The maximum absolute atomic E-state index is 11.8. The second-order valence-electron chi connectivity index (χ2n) is 5.86. The van der Waals surface area contributed by atoms with Crippen molar-refractivity contribution in [2.45, 2.75) is 6.54 Å². The summed E-state index contributed by atoms with van der Waals surface area (Å²) in [6, 6.07) is 13.9. The molecule has 0 aliphatic carbocycles. The zero-order chi connectivity index (χ0) is 20.6. The summed E-state index contributed by atoms with van der Waals surface area (Å²) in [5.41, 5.74) is 0. The van der Waals surface area contributed by atoms with Crippen molar-refractivity contribution in [3.8, 4) is 5.75 Å². The van der Waals surface area contributed by atoms with Crippen LogP contribution in [0, 0.1) is 0 Å². The molecule has 0 bridgehead atoms. The summed E-state index contributed by atoms with van der Waals surface area (Å²) < 4.78 is 16.0. The highest BCUT2D eigenvalue weighted by atomic mass is 79.9. The molecule has 3 aromatic rings. The number of fused-ring (bicyclic) bond motifs is 1. The van der Waals surface area contributed by atoms with Gasteiger partial charge in [-0.15, -0.1) is 0 Å². The number of carbonyl (C=O) groups is 3. The van der Waals surface area contributed by atoms with Crippen molar-refractivity contribution in [2.75, 3.05) is 13.2 Å². The van der Waals surface area contributed by atoms with Crippen LogP contribution in [0.25, 0.3) is 10.8 Å². The molecular formula is C20H17BrN2O6. The smallest absolute Gasteiger partial charge is 0.344 e. The monoisotopic (exact) mass is 460 g/mol. The van der Waals surface area contributed by atoms with E-state index in [9.17, 15) is 14.4 Å². The number of hydrogen-bond donors (Lipinski definition) is 2. The summed E-state index contributed by atoms with van der Waals surface area (Å²) in [7, 11) is 0. The maximum atomic E-state index is 11.8. The van der Waals surface area contributed by atoms with Gasteiger partial charge in [-0.25, -0.2) is 9.59 Å². The van der Waals surface area contributed by atoms with Crippen molar-refractivity contribution in [3.63, 3.8) is 0 Å². The molecule has 9 heteroatoms. The van der Waals surface area contributed by atoms with Crippen LogP contribution in [0.3, 0.4) is 0 Å². The number of furan rings is 1. The van der Waals surface area contributed by atoms with Gasteiger partial charge in [0, 0.05) is 0 Å². The van der Waals surface area contributed by atoms with Gasteiger partial charge in [-0.2, -0.15) is 0 Å². The number of halogens is 1. The number of rotatable bonds is 7. The summed E-state index contributed by atoms with van der Waals surface area (Å²) >= 11 is 3.46. The topological polar surface area (TPSA) is 107 Å². The Kier molecular flexibility index (Phi) is 6.85. The summed E-state index contributed by atoms with van der Waals surface area (Å²) in [5.74, 6) is -0.489. The highest BCUT2D eigenvalue weighted by molar-refractivity contribution is 9.10. The Morgan fingerprint density at radius 3 is 2.62 bits per heavy atom. The van der Waals surface area contributed by atoms with Gasteiger partial charge < -0.3 is 19.2 Å².